The van der Waals surface area contributed by atoms with Crippen molar-refractivity contribution in [3.63, 3.8) is 0 Å². The smallest absolute Gasteiger partial charge is 0.335 e. The molecule has 21 heavy (non-hydrogen) atoms. The largest absolute Gasteiger partial charge is 0.478 e. The van der Waals surface area contributed by atoms with Crippen molar-refractivity contribution >= 4 is 17.0 Å². The van der Waals surface area contributed by atoms with Gasteiger partial charge in [0.15, 0.2) is 0 Å². The molecule has 0 bridgehead atoms. The molecule has 2 aromatic rings. The molecule has 1 aromatic heterocycles. The predicted octanol–water partition coefficient (Wildman–Crippen LogP) is 2.88. The number of aliphatic hydroxyl groups excluding tert-OH is 1. The Morgan fingerprint density at radius 2 is 2.05 bits per heavy atom. The zero-order valence-corrected chi connectivity index (χ0v) is 12.7. The molecule has 0 aliphatic heterocycles. The molecule has 5 heteroatoms. The highest BCUT2D eigenvalue weighted by atomic mass is 16.4. The van der Waals surface area contributed by atoms with E-state index in [1.165, 1.54) is 0 Å². The molecule has 5 nitrogen and oxygen atoms in total. The SMILES string of the molecule is CC(CCO)Cn1c(C(C)C)nc2ccc(C(=O)O)cc21. The van der Waals surface area contributed by atoms with E-state index in [-0.39, 0.29) is 18.1 Å². The van der Waals surface area contributed by atoms with Crippen LogP contribution in [0.5, 0.6) is 0 Å². The fraction of sp³-hybridized carbons (Fsp3) is 0.500. The minimum absolute atomic E-state index is 0.158. The maximum absolute atomic E-state index is 11.2. The second-order valence-corrected chi connectivity index (χ2v) is 5.86. The number of benzene rings is 1. The van der Waals surface area contributed by atoms with Crippen molar-refractivity contribution in [1.82, 2.24) is 9.55 Å². The number of carboxylic acid groups (broad SMARTS) is 1. The van der Waals surface area contributed by atoms with Gasteiger partial charge >= 0.3 is 5.97 Å². The minimum Gasteiger partial charge on any atom is -0.478 e. The lowest BCUT2D eigenvalue weighted by atomic mass is 10.1. The zero-order chi connectivity index (χ0) is 15.6. The summed E-state index contributed by atoms with van der Waals surface area (Å²) in [6.07, 6.45) is 0.718. The summed E-state index contributed by atoms with van der Waals surface area (Å²) < 4.78 is 2.09. The second kappa shape index (κ2) is 6.26. The Balaban J connectivity index is 2.53. The highest BCUT2D eigenvalue weighted by Crippen LogP contribution is 2.24. The van der Waals surface area contributed by atoms with Crippen LogP contribution in [0, 0.1) is 5.92 Å². The number of rotatable bonds is 6. The zero-order valence-electron chi connectivity index (χ0n) is 12.7. The van der Waals surface area contributed by atoms with Gasteiger partial charge < -0.3 is 14.8 Å². The van der Waals surface area contributed by atoms with Crippen LogP contribution < -0.4 is 0 Å². The Bertz CT molecular complexity index is 646. The van der Waals surface area contributed by atoms with E-state index in [0.29, 0.717) is 5.92 Å². The first kappa shape index (κ1) is 15.5. The van der Waals surface area contributed by atoms with E-state index >= 15 is 0 Å². The molecular weight excluding hydrogens is 268 g/mol. The van der Waals surface area contributed by atoms with E-state index in [1.807, 2.05) is 0 Å². The van der Waals surface area contributed by atoms with Crippen LogP contribution in [0.15, 0.2) is 18.2 Å². The summed E-state index contributed by atoms with van der Waals surface area (Å²) >= 11 is 0. The van der Waals surface area contributed by atoms with Crippen LogP contribution in [0.4, 0.5) is 0 Å². The third-order valence-electron chi connectivity index (χ3n) is 3.66. The van der Waals surface area contributed by atoms with Crippen molar-refractivity contribution in [1.29, 1.82) is 0 Å². The lowest BCUT2D eigenvalue weighted by molar-refractivity contribution is 0.0697. The van der Waals surface area contributed by atoms with Gasteiger partial charge in [-0.3, -0.25) is 0 Å². The van der Waals surface area contributed by atoms with Gasteiger partial charge in [-0.05, 0) is 30.5 Å². The summed E-state index contributed by atoms with van der Waals surface area (Å²) in [7, 11) is 0. The molecule has 0 radical (unpaired) electrons. The fourth-order valence-electron chi connectivity index (χ4n) is 2.53. The maximum Gasteiger partial charge on any atom is 0.335 e. The van der Waals surface area contributed by atoms with Gasteiger partial charge in [-0.2, -0.15) is 0 Å². The van der Waals surface area contributed by atoms with E-state index in [2.05, 4.69) is 30.3 Å². The quantitative estimate of drug-likeness (QED) is 0.857. The third kappa shape index (κ3) is 3.24. The van der Waals surface area contributed by atoms with Crippen molar-refractivity contribution in [2.24, 2.45) is 5.92 Å². The van der Waals surface area contributed by atoms with Gasteiger partial charge in [-0.25, -0.2) is 9.78 Å². The second-order valence-electron chi connectivity index (χ2n) is 5.86. The van der Waals surface area contributed by atoms with Crippen LogP contribution in [-0.2, 0) is 6.54 Å². The van der Waals surface area contributed by atoms with Crippen molar-refractivity contribution in [3.8, 4) is 0 Å². The van der Waals surface area contributed by atoms with E-state index in [1.54, 1.807) is 18.2 Å². The monoisotopic (exact) mass is 290 g/mol. The third-order valence-corrected chi connectivity index (χ3v) is 3.66. The average Bonchev–Trinajstić information content (AvgIpc) is 2.77. The fourth-order valence-corrected chi connectivity index (χ4v) is 2.53. The molecule has 0 saturated heterocycles. The Morgan fingerprint density at radius 3 is 2.62 bits per heavy atom. The number of fused-ring (bicyclic) bond motifs is 1. The number of aromatic nitrogens is 2. The molecule has 114 valence electrons. The first-order valence-corrected chi connectivity index (χ1v) is 7.28. The number of carbonyl (C=O) groups is 1. The normalized spacial score (nSPS) is 13.0. The Kier molecular flexibility index (Phi) is 4.63. The first-order valence-electron chi connectivity index (χ1n) is 7.28. The van der Waals surface area contributed by atoms with Crippen LogP contribution in [0.25, 0.3) is 11.0 Å². The minimum atomic E-state index is -0.931. The number of nitrogens with zero attached hydrogens (tertiary/aromatic N) is 2. The van der Waals surface area contributed by atoms with Crippen molar-refractivity contribution in [2.45, 2.75) is 39.7 Å². The summed E-state index contributed by atoms with van der Waals surface area (Å²) in [5, 5.41) is 18.2. The molecule has 2 rings (SSSR count). The van der Waals surface area contributed by atoms with Gasteiger partial charge in [0.1, 0.15) is 5.82 Å². The van der Waals surface area contributed by atoms with Gasteiger partial charge in [-0.1, -0.05) is 20.8 Å². The molecule has 0 amide bonds. The predicted molar refractivity (Wildman–Crippen MR) is 81.6 cm³/mol. The number of hydrogen-bond donors (Lipinski definition) is 2. The van der Waals surface area contributed by atoms with E-state index in [4.69, 9.17) is 10.2 Å². The van der Waals surface area contributed by atoms with Crippen LogP contribution in [0.1, 0.15) is 49.3 Å². The van der Waals surface area contributed by atoms with Crippen LogP contribution in [0.2, 0.25) is 0 Å². The number of carboxylic acids is 1. The first-order chi connectivity index (χ1) is 9.93. The summed E-state index contributed by atoms with van der Waals surface area (Å²) in [5.41, 5.74) is 1.94. The molecular formula is C16H22N2O3. The molecule has 0 spiro atoms. The van der Waals surface area contributed by atoms with Gasteiger partial charge in [0.05, 0.1) is 16.6 Å². The molecule has 2 N–H and O–H groups in total. The molecule has 0 saturated carbocycles. The van der Waals surface area contributed by atoms with Gasteiger partial charge in [-0.15, -0.1) is 0 Å². The van der Waals surface area contributed by atoms with Gasteiger partial charge in [0, 0.05) is 19.1 Å². The Morgan fingerprint density at radius 1 is 1.33 bits per heavy atom. The summed E-state index contributed by atoms with van der Waals surface area (Å²) in [4.78, 5) is 15.8. The number of hydrogen-bond acceptors (Lipinski definition) is 3. The van der Waals surface area contributed by atoms with Gasteiger partial charge in [0.25, 0.3) is 0 Å². The van der Waals surface area contributed by atoms with Crippen molar-refractivity contribution in [2.75, 3.05) is 6.61 Å². The molecule has 0 aliphatic carbocycles. The standard InChI is InChI=1S/C16H22N2O3/c1-10(2)15-17-13-5-4-12(16(20)21)8-14(13)18(15)9-11(3)6-7-19/h4-5,8,10-11,19H,6-7,9H2,1-3H3,(H,20,21). The summed E-state index contributed by atoms with van der Waals surface area (Å²) in [5.74, 6) is 0.585. The number of aromatic carboxylic acids is 1. The molecule has 1 unspecified atom stereocenters. The molecule has 0 fully saturated rings. The summed E-state index contributed by atoms with van der Waals surface area (Å²) in [6, 6.07) is 5.03. The average molecular weight is 290 g/mol. The number of imidazole rings is 1. The topological polar surface area (TPSA) is 75.3 Å². The number of aliphatic hydroxyl groups is 1. The molecule has 1 aromatic carbocycles. The Hall–Kier alpha value is -1.88. The summed E-state index contributed by atoms with van der Waals surface area (Å²) in [6.45, 7) is 7.12. The Labute approximate surface area is 124 Å². The maximum atomic E-state index is 11.2. The molecule has 1 heterocycles. The molecule has 1 atom stereocenters. The lowest BCUT2D eigenvalue weighted by Crippen LogP contribution is -2.13. The van der Waals surface area contributed by atoms with E-state index in [9.17, 15) is 4.79 Å². The van der Waals surface area contributed by atoms with E-state index in [0.717, 1.165) is 29.8 Å². The van der Waals surface area contributed by atoms with Crippen LogP contribution >= 0.6 is 0 Å². The van der Waals surface area contributed by atoms with Crippen LogP contribution in [-0.4, -0.2) is 32.3 Å². The highest BCUT2D eigenvalue weighted by molar-refractivity contribution is 5.92. The van der Waals surface area contributed by atoms with Crippen molar-refractivity contribution in [3.05, 3.63) is 29.6 Å². The van der Waals surface area contributed by atoms with Gasteiger partial charge in [0.2, 0.25) is 0 Å². The highest BCUT2D eigenvalue weighted by Gasteiger charge is 2.17. The van der Waals surface area contributed by atoms with Crippen LogP contribution in [0.3, 0.4) is 0 Å². The van der Waals surface area contributed by atoms with E-state index < -0.39 is 5.97 Å². The molecule has 0 aliphatic rings. The van der Waals surface area contributed by atoms with Crippen molar-refractivity contribution < 1.29 is 15.0 Å². The lowest BCUT2D eigenvalue weighted by Gasteiger charge is -2.16.